The molecule has 42 heavy (non-hydrogen) atoms. The third-order valence-corrected chi connectivity index (χ3v) is 9.72. The Morgan fingerprint density at radius 1 is 1.02 bits per heavy atom. The van der Waals surface area contributed by atoms with Crippen LogP contribution in [0.3, 0.4) is 0 Å². The van der Waals surface area contributed by atoms with Crippen LogP contribution in [0, 0.1) is 0 Å². The van der Waals surface area contributed by atoms with Crippen LogP contribution in [0.2, 0.25) is 5.02 Å². The summed E-state index contributed by atoms with van der Waals surface area (Å²) in [5.41, 5.74) is -2.20. The molecule has 2 atom stereocenters. The molecule has 13 heteroatoms. The highest BCUT2D eigenvalue weighted by atomic mass is 35.5. The van der Waals surface area contributed by atoms with Crippen LogP contribution in [0.1, 0.15) is 29.0 Å². The fourth-order valence-electron chi connectivity index (χ4n) is 4.32. The second kappa shape index (κ2) is 11.3. The van der Waals surface area contributed by atoms with Crippen LogP contribution in [-0.2, 0) is 15.6 Å². The number of nitrogens with zero attached hydrogens (tertiary/aromatic N) is 2. The van der Waals surface area contributed by atoms with Crippen molar-refractivity contribution in [2.45, 2.75) is 29.6 Å². The number of nitrogens with one attached hydrogen (secondary N) is 1. The maximum atomic E-state index is 13.5. The van der Waals surface area contributed by atoms with E-state index in [0.717, 1.165) is 6.07 Å². The maximum Gasteiger partial charge on any atom is 0.421 e. The standard InChI is InChI=1S/C29H23ClF3N3O4S2/c1-28(37,29(31,32)33)18-12-13-34-23(15-18)21-8-5-6-17-14-24(41-27(17)21)26(20-7-3-4-9-22(20)30)36-42(38,39)19-10-11-25(40-2)35-16-19/h3-16,26,36-37H,1-2H3. The van der Waals surface area contributed by atoms with Crippen molar-refractivity contribution in [1.82, 2.24) is 14.7 Å². The Bertz CT molecular complexity index is 1860. The fraction of sp³-hybridized carbons (Fsp3) is 0.172. The quantitative estimate of drug-likeness (QED) is 0.194. The summed E-state index contributed by atoms with van der Waals surface area (Å²) in [5, 5.41) is 11.3. The van der Waals surface area contributed by atoms with E-state index in [0.29, 0.717) is 38.0 Å². The number of aliphatic hydroxyl groups is 1. The zero-order valence-corrected chi connectivity index (χ0v) is 24.4. The Morgan fingerprint density at radius 3 is 2.45 bits per heavy atom. The minimum atomic E-state index is -4.90. The van der Waals surface area contributed by atoms with Gasteiger partial charge in [0.05, 0.1) is 25.0 Å². The number of hydrogen-bond donors (Lipinski definition) is 2. The summed E-state index contributed by atoms with van der Waals surface area (Å²) >= 11 is 7.77. The van der Waals surface area contributed by atoms with Crippen molar-refractivity contribution >= 4 is 43.0 Å². The van der Waals surface area contributed by atoms with Gasteiger partial charge < -0.3 is 9.84 Å². The van der Waals surface area contributed by atoms with Gasteiger partial charge in [0.1, 0.15) is 4.90 Å². The molecule has 0 saturated carbocycles. The van der Waals surface area contributed by atoms with Gasteiger partial charge in [0.2, 0.25) is 15.9 Å². The van der Waals surface area contributed by atoms with E-state index in [-0.39, 0.29) is 22.0 Å². The predicted octanol–water partition coefficient (Wildman–Crippen LogP) is 6.86. The zero-order valence-electron chi connectivity index (χ0n) is 22.1. The Hall–Kier alpha value is -3.55. The number of halogens is 4. The molecule has 0 radical (unpaired) electrons. The smallest absolute Gasteiger partial charge is 0.421 e. The molecule has 5 aromatic rings. The molecular weight excluding hydrogens is 611 g/mol. The lowest BCUT2D eigenvalue weighted by Gasteiger charge is -2.26. The summed E-state index contributed by atoms with van der Waals surface area (Å²) in [6, 6.07) is 18.0. The molecule has 0 bridgehead atoms. The molecule has 218 valence electrons. The molecule has 0 aliphatic carbocycles. The van der Waals surface area contributed by atoms with Crippen molar-refractivity contribution in [3.8, 4) is 17.1 Å². The summed E-state index contributed by atoms with van der Waals surface area (Å²) in [5.74, 6) is 0.253. The summed E-state index contributed by atoms with van der Waals surface area (Å²) in [6.07, 6.45) is -2.50. The Morgan fingerprint density at radius 2 is 1.79 bits per heavy atom. The number of thiophene rings is 1. The van der Waals surface area contributed by atoms with Gasteiger partial charge in [-0.05, 0) is 53.8 Å². The number of methoxy groups -OCH3 is 1. The number of benzene rings is 2. The highest BCUT2D eigenvalue weighted by molar-refractivity contribution is 7.89. The van der Waals surface area contributed by atoms with Crippen molar-refractivity contribution < 1.29 is 31.4 Å². The number of sulfonamides is 1. The summed E-state index contributed by atoms with van der Waals surface area (Å²) in [7, 11) is -2.68. The zero-order chi connectivity index (χ0) is 30.3. The van der Waals surface area contributed by atoms with Crippen molar-refractivity contribution in [2.75, 3.05) is 7.11 Å². The maximum absolute atomic E-state index is 13.5. The molecule has 2 unspecified atom stereocenters. The number of fused-ring (bicyclic) bond motifs is 1. The number of ether oxygens (including phenoxy) is 1. The van der Waals surface area contributed by atoms with Crippen molar-refractivity contribution in [2.24, 2.45) is 0 Å². The lowest BCUT2D eigenvalue weighted by atomic mass is 9.94. The lowest BCUT2D eigenvalue weighted by molar-refractivity contribution is -0.258. The van der Waals surface area contributed by atoms with Gasteiger partial charge in [0.15, 0.2) is 5.60 Å². The van der Waals surface area contributed by atoms with Gasteiger partial charge in [-0.3, -0.25) is 4.98 Å². The molecule has 0 aliphatic rings. The number of rotatable bonds is 8. The van der Waals surface area contributed by atoms with Crippen LogP contribution in [0.15, 0.2) is 90.1 Å². The van der Waals surface area contributed by atoms with Crippen molar-refractivity contribution in [3.05, 3.63) is 106 Å². The van der Waals surface area contributed by atoms with Crippen molar-refractivity contribution in [3.63, 3.8) is 0 Å². The molecule has 0 spiro atoms. The first-order valence-electron chi connectivity index (χ1n) is 12.4. The average molecular weight is 634 g/mol. The molecule has 0 saturated heterocycles. The topological polar surface area (TPSA) is 101 Å². The lowest BCUT2D eigenvalue weighted by Crippen LogP contribution is -2.39. The van der Waals surface area contributed by atoms with Crippen LogP contribution >= 0.6 is 22.9 Å². The molecular formula is C29H23ClF3N3O4S2. The van der Waals surface area contributed by atoms with E-state index in [1.807, 2.05) is 0 Å². The summed E-state index contributed by atoms with van der Waals surface area (Å²) < 4.78 is 76.0. The third-order valence-electron chi connectivity index (χ3n) is 6.72. The molecule has 5 rings (SSSR count). The summed E-state index contributed by atoms with van der Waals surface area (Å²) in [4.78, 5) is 8.76. The van der Waals surface area contributed by atoms with Crippen LogP contribution < -0.4 is 9.46 Å². The third kappa shape index (κ3) is 5.72. The first-order valence-corrected chi connectivity index (χ1v) is 15.0. The van der Waals surface area contributed by atoms with Gasteiger partial charge in [0.25, 0.3) is 0 Å². The van der Waals surface area contributed by atoms with Gasteiger partial charge in [-0.15, -0.1) is 11.3 Å². The van der Waals surface area contributed by atoms with Gasteiger partial charge in [-0.25, -0.2) is 13.4 Å². The van der Waals surface area contributed by atoms with Crippen LogP contribution in [0.25, 0.3) is 21.3 Å². The van der Waals surface area contributed by atoms with Gasteiger partial charge in [-0.1, -0.05) is 48.0 Å². The van der Waals surface area contributed by atoms with Crippen LogP contribution in [0.5, 0.6) is 5.88 Å². The van der Waals surface area contributed by atoms with E-state index >= 15 is 0 Å². The summed E-state index contributed by atoms with van der Waals surface area (Å²) in [6.45, 7) is 0.689. The Kier molecular flexibility index (Phi) is 8.03. The van der Waals surface area contributed by atoms with E-state index in [2.05, 4.69) is 14.7 Å². The SMILES string of the molecule is COc1ccc(S(=O)(=O)NC(c2cc3cccc(-c4cc(C(C)(O)C(F)(F)F)ccn4)c3s2)c2ccccc2Cl)cn1. The van der Waals surface area contributed by atoms with E-state index in [1.54, 1.807) is 48.5 Å². The molecule has 2 aromatic carbocycles. The van der Waals surface area contributed by atoms with E-state index in [1.165, 1.54) is 49.0 Å². The van der Waals surface area contributed by atoms with E-state index in [4.69, 9.17) is 16.3 Å². The fourth-order valence-corrected chi connectivity index (χ4v) is 7.04. The van der Waals surface area contributed by atoms with Crippen molar-refractivity contribution in [1.29, 1.82) is 0 Å². The molecule has 7 nitrogen and oxygen atoms in total. The molecule has 3 aromatic heterocycles. The Labute approximate surface area is 248 Å². The van der Waals surface area contributed by atoms with Gasteiger partial charge in [0, 0.05) is 32.4 Å². The molecule has 3 heterocycles. The van der Waals surface area contributed by atoms with Gasteiger partial charge in [-0.2, -0.15) is 17.9 Å². The van der Waals surface area contributed by atoms with E-state index < -0.39 is 27.8 Å². The first kappa shape index (κ1) is 29.9. The first-order chi connectivity index (χ1) is 19.8. The van der Waals surface area contributed by atoms with Crippen LogP contribution in [-0.4, -0.2) is 36.8 Å². The molecule has 0 aliphatic heterocycles. The molecule has 2 N–H and O–H groups in total. The number of aromatic nitrogens is 2. The minimum Gasteiger partial charge on any atom is -0.481 e. The molecule has 0 fully saturated rings. The number of hydrogen-bond acceptors (Lipinski definition) is 7. The number of pyridine rings is 2. The monoisotopic (exact) mass is 633 g/mol. The molecule has 0 amide bonds. The largest absolute Gasteiger partial charge is 0.481 e. The highest BCUT2D eigenvalue weighted by Gasteiger charge is 2.51. The number of alkyl halides is 3. The predicted molar refractivity (Wildman–Crippen MR) is 155 cm³/mol. The Balaban J connectivity index is 1.62. The second-order valence-electron chi connectivity index (χ2n) is 9.48. The van der Waals surface area contributed by atoms with Crippen LogP contribution in [0.4, 0.5) is 13.2 Å². The van der Waals surface area contributed by atoms with Gasteiger partial charge >= 0.3 is 6.18 Å². The normalized spacial score (nSPS) is 14.5. The highest BCUT2D eigenvalue weighted by Crippen LogP contribution is 2.42. The minimum absolute atomic E-state index is 0.0834. The average Bonchev–Trinajstić information content (AvgIpc) is 3.40. The van der Waals surface area contributed by atoms with E-state index in [9.17, 15) is 26.7 Å². The second-order valence-corrected chi connectivity index (χ2v) is 12.7.